The van der Waals surface area contributed by atoms with E-state index in [1.807, 2.05) is 19.2 Å². The van der Waals surface area contributed by atoms with Gasteiger partial charge in [0.25, 0.3) is 0 Å². The van der Waals surface area contributed by atoms with Crippen LogP contribution in [0, 0.1) is 0 Å². The van der Waals surface area contributed by atoms with E-state index in [4.69, 9.17) is 28.4 Å². The van der Waals surface area contributed by atoms with Gasteiger partial charge in [-0.3, -0.25) is 4.90 Å². The van der Waals surface area contributed by atoms with Crippen LogP contribution >= 0.6 is 0 Å². The average Bonchev–Trinajstić information content (AvgIpc) is 3.35. The van der Waals surface area contributed by atoms with E-state index < -0.39 is 12.1 Å². The molecule has 3 aliphatic rings. The zero-order chi connectivity index (χ0) is 21.0. The molecule has 0 bridgehead atoms. The first-order valence-corrected chi connectivity index (χ1v) is 9.74. The second-order valence-corrected chi connectivity index (χ2v) is 7.48. The molecule has 3 aliphatic heterocycles. The molecule has 158 valence electrons. The number of likely N-dealkylation sites (N-methyl/N-ethyl adjacent to an activating group) is 1. The van der Waals surface area contributed by atoms with Crippen LogP contribution in [0.1, 0.15) is 39.2 Å². The van der Waals surface area contributed by atoms with Gasteiger partial charge >= 0.3 is 5.97 Å². The smallest absolute Gasteiger partial charge is 0.343 e. The van der Waals surface area contributed by atoms with Crippen molar-refractivity contribution in [2.75, 3.05) is 41.7 Å². The van der Waals surface area contributed by atoms with E-state index in [-0.39, 0.29) is 12.8 Å². The summed E-state index contributed by atoms with van der Waals surface area (Å²) in [6, 6.07) is 5.43. The second-order valence-electron chi connectivity index (χ2n) is 7.48. The van der Waals surface area contributed by atoms with Gasteiger partial charge in [-0.15, -0.1) is 0 Å². The normalized spacial score (nSPS) is 21.7. The topological polar surface area (TPSA) is 75.7 Å². The van der Waals surface area contributed by atoms with Gasteiger partial charge in [0.05, 0.1) is 27.4 Å². The average molecular weight is 413 g/mol. The minimum atomic E-state index is -0.523. The summed E-state index contributed by atoms with van der Waals surface area (Å²) in [5, 5.41) is 0. The van der Waals surface area contributed by atoms with Crippen molar-refractivity contribution in [1.29, 1.82) is 0 Å². The molecule has 0 aromatic heterocycles. The summed E-state index contributed by atoms with van der Waals surface area (Å²) in [5.41, 5.74) is 3.23. The van der Waals surface area contributed by atoms with Gasteiger partial charge in [0.1, 0.15) is 11.7 Å². The zero-order valence-corrected chi connectivity index (χ0v) is 17.3. The predicted octanol–water partition coefficient (Wildman–Crippen LogP) is 2.88. The number of carbonyl (C=O) groups is 1. The number of esters is 1. The fraction of sp³-hybridized carbons (Fsp3) is 0.409. The number of carbonyl (C=O) groups excluding carboxylic acids is 1. The molecule has 8 heteroatoms. The molecule has 0 N–H and O–H groups in total. The first-order valence-electron chi connectivity index (χ1n) is 9.74. The van der Waals surface area contributed by atoms with Crippen molar-refractivity contribution in [3.63, 3.8) is 0 Å². The number of methoxy groups -OCH3 is 3. The Labute approximate surface area is 174 Å². The largest absolute Gasteiger partial charge is 0.493 e. The van der Waals surface area contributed by atoms with Crippen LogP contribution in [0.5, 0.6) is 28.7 Å². The van der Waals surface area contributed by atoms with Crippen LogP contribution in [0.2, 0.25) is 0 Å². The third-order valence-electron chi connectivity index (χ3n) is 6.06. The maximum absolute atomic E-state index is 12.9. The van der Waals surface area contributed by atoms with Gasteiger partial charge < -0.3 is 28.4 Å². The lowest BCUT2D eigenvalue weighted by Gasteiger charge is -2.38. The Balaban J connectivity index is 1.69. The Kier molecular flexibility index (Phi) is 4.39. The van der Waals surface area contributed by atoms with E-state index in [2.05, 4.69) is 4.90 Å². The summed E-state index contributed by atoms with van der Waals surface area (Å²) in [5.74, 6) is 2.36. The molecule has 0 spiro atoms. The van der Waals surface area contributed by atoms with Crippen LogP contribution < -0.4 is 23.7 Å². The molecule has 0 unspecified atom stereocenters. The molecule has 3 heterocycles. The molecule has 30 heavy (non-hydrogen) atoms. The zero-order valence-electron chi connectivity index (χ0n) is 17.3. The number of rotatable bonds is 4. The van der Waals surface area contributed by atoms with Crippen molar-refractivity contribution in [2.45, 2.75) is 18.6 Å². The van der Waals surface area contributed by atoms with Gasteiger partial charge in [-0.05, 0) is 31.2 Å². The van der Waals surface area contributed by atoms with Gasteiger partial charge in [-0.2, -0.15) is 0 Å². The van der Waals surface area contributed by atoms with E-state index in [0.717, 1.165) is 29.7 Å². The van der Waals surface area contributed by atoms with Crippen molar-refractivity contribution < 1.29 is 33.2 Å². The molecule has 5 rings (SSSR count). The summed E-state index contributed by atoms with van der Waals surface area (Å²) >= 11 is 0. The quantitative estimate of drug-likeness (QED) is 0.709. The molecular formula is C22H23NO7. The summed E-state index contributed by atoms with van der Waals surface area (Å²) in [6.45, 7) is 0.963. The number of benzene rings is 2. The van der Waals surface area contributed by atoms with Gasteiger partial charge in [-0.1, -0.05) is 6.07 Å². The van der Waals surface area contributed by atoms with Gasteiger partial charge in [0.15, 0.2) is 23.0 Å². The summed E-state index contributed by atoms with van der Waals surface area (Å²) in [7, 11) is 6.70. The van der Waals surface area contributed by atoms with Crippen molar-refractivity contribution in [2.24, 2.45) is 0 Å². The van der Waals surface area contributed by atoms with E-state index >= 15 is 0 Å². The number of cyclic esters (lactones) is 1. The molecule has 8 nitrogen and oxygen atoms in total. The first-order chi connectivity index (χ1) is 14.6. The molecule has 0 amide bonds. The number of hydrogen-bond acceptors (Lipinski definition) is 8. The maximum Gasteiger partial charge on any atom is 0.343 e. The van der Waals surface area contributed by atoms with Gasteiger partial charge in [0, 0.05) is 17.7 Å². The third-order valence-corrected chi connectivity index (χ3v) is 6.06. The molecule has 0 aliphatic carbocycles. The van der Waals surface area contributed by atoms with E-state index in [1.165, 1.54) is 7.11 Å². The fourth-order valence-corrected chi connectivity index (χ4v) is 4.71. The Hall–Kier alpha value is -3.13. The number of hydrogen-bond donors (Lipinski definition) is 0. The van der Waals surface area contributed by atoms with E-state index in [1.54, 1.807) is 20.3 Å². The molecule has 2 aromatic rings. The van der Waals surface area contributed by atoms with Crippen molar-refractivity contribution >= 4 is 5.97 Å². The van der Waals surface area contributed by atoms with Crippen LogP contribution in [0.3, 0.4) is 0 Å². The van der Waals surface area contributed by atoms with E-state index in [0.29, 0.717) is 34.3 Å². The Morgan fingerprint density at radius 2 is 1.87 bits per heavy atom. The van der Waals surface area contributed by atoms with Crippen molar-refractivity contribution in [3.8, 4) is 28.7 Å². The molecular weight excluding hydrogens is 390 g/mol. The first kappa shape index (κ1) is 18.9. The highest BCUT2D eigenvalue weighted by atomic mass is 16.7. The summed E-state index contributed by atoms with van der Waals surface area (Å²) < 4.78 is 33.8. The monoisotopic (exact) mass is 413 g/mol. The predicted molar refractivity (Wildman–Crippen MR) is 106 cm³/mol. The third kappa shape index (κ3) is 2.53. The molecule has 0 fully saturated rings. The number of fused-ring (bicyclic) bond motifs is 3. The highest BCUT2D eigenvalue weighted by Crippen LogP contribution is 2.55. The van der Waals surface area contributed by atoms with Crippen LogP contribution in [-0.4, -0.2) is 52.6 Å². The fourth-order valence-electron chi connectivity index (χ4n) is 4.71. The Morgan fingerprint density at radius 1 is 1.07 bits per heavy atom. The SMILES string of the molecule is COc1ccc2c(c1OC)C(=O)O[C@H]2[C@H]1c2c(cc3c(c2OC)OCO3)CCN1C. The lowest BCUT2D eigenvalue weighted by atomic mass is 9.85. The van der Waals surface area contributed by atoms with Crippen LogP contribution in [-0.2, 0) is 11.2 Å². The van der Waals surface area contributed by atoms with Crippen molar-refractivity contribution in [1.82, 2.24) is 4.90 Å². The molecule has 0 radical (unpaired) electrons. The Morgan fingerprint density at radius 3 is 2.60 bits per heavy atom. The van der Waals surface area contributed by atoms with Gasteiger partial charge in [-0.25, -0.2) is 4.79 Å². The highest BCUT2D eigenvalue weighted by molar-refractivity contribution is 5.98. The van der Waals surface area contributed by atoms with Gasteiger partial charge in [0.2, 0.25) is 12.5 Å². The second kappa shape index (κ2) is 6.98. The summed E-state index contributed by atoms with van der Waals surface area (Å²) in [4.78, 5) is 15.1. The highest BCUT2D eigenvalue weighted by Gasteiger charge is 2.46. The lowest BCUT2D eigenvalue weighted by Crippen LogP contribution is -2.36. The van der Waals surface area contributed by atoms with Crippen molar-refractivity contribution in [3.05, 3.63) is 40.5 Å². The van der Waals surface area contributed by atoms with Crippen LogP contribution in [0.25, 0.3) is 0 Å². The minimum Gasteiger partial charge on any atom is -0.493 e. The molecule has 0 saturated heterocycles. The van der Waals surface area contributed by atoms with Crippen LogP contribution in [0.4, 0.5) is 0 Å². The summed E-state index contributed by atoms with van der Waals surface area (Å²) in [6.07, 6.45) is 0.306. The Bertz CT molecular complexity index is 1030. The minimum absolute atomic E-state index is 0.160. The number of nitrogens with zero attached hydrogens (tertiary/aromatic N) is 1. The molecule has 2 aromatic carbocycles. The standard InChI is InChI=1S/C22H23NO7/c1-23-8-7-11-9-14-20(29-10-28-14)21(27-4)15(11)17(23)18-12-5-6-13(25-2)19(26-3)16(12)22(24)30-18/h5-6,9,17-18H,7-8,10H2,1-4H3/t17-,18-/m1/s1. The number of ether oxygens (including phenoxy) is 6. The lowest BCUT2D eigenvalue weighted by molar-refractivity contribution is 0.00874. The molecule has 0 saturated carbocycles. The van der Waals surface area contributed by atoms with E-state index in [9.17, 15) is 4.79 Å². The maximum atomic E-state index is 12.9. The molecule has 2 atom stereocenters. The van der Waals surface area contributed by atoms with Crippen LogP contribution in [0.15, 0.2) is 18.2 Å².